The van der Waals surface area contributed by atoms with Crippen LogP contribution in [0.15, 0.2) is 42.5 Å². The Morgan fingerprint density at radius 2 is 1.89 bits per heavy atom. The van der Waals surface area contributed by atoms with Crippen molar-refractivity contribution in [2.24, 2.45) is 0 Å². The van der Waals surface area contributed by atoms with Crippen molar-refractivity contribution >= 4 is 5.91 Å². The highest BCUT2D eigenvalue weighted by Gasteiger charge is 2.07. The maximum atomic E-state index is 11.9. The Hall–Kier alpha value is -2.16. The minimum Gasteiger partial charge on any atom is -0.347 e. The summed E-state index contributed by atoms with van der Waals surface area (Å²) in [5.74, 6) is -0.134. The first-order chi connectivity index (χ1) is 8.65. The molecule has 0 saturated heterocycles. The van der Waals surface area contributed by atoms with Crippen molar-refractivity contribution in [3.8, 4) is 0 Å². The number of aromatic nitrogens is 1. The molecule has 3 heteroatoms. The molecule has 1 aromatic carbocycles. The van der Waals surface area contributed by atoms with Crippen LogP contribution in [0.5, 0.6) is 0 Å². The summed E-state index contributed by atoms with van der Waals surface area (Å²) in [6, 6.07) is 13.6. The molecule has 1 aromatic heterocycles. The lowest BCUT2D eigenvalue weighted by Crippen LogP contribution is -2.24. The molecule has 0 bridgehead atoms. The van der Waals surface area contributed by atoms with Crippen LogP contribution in [0.25, 0.3) is 0 Å². The monoisotopic (exact) mass is 240 g/mol. The van der Waals surface area contributed by atoms with Gasteiger partial charge in [-0.05, 0) is 37.1 Å². The first kappa shape index (κ1) is 12.3. The highest BCUT2D eigenvalue weighted by molar-refractivity contribution is 5.92. The van der Waals surface area contributed by atoms with E-state index in [1.165, 1.54) is 0 Å². The summed E-state index contributed by atoms with van der Waals surface area (Å²) in [4.78, 5) is 16.2. The molecular formula is C15H16N2O. The minimum absolute atomic E-state index is 0.134. The molecule has 0 saturated carbocycles. The minimum atomic E-state index is -0.134. The summed E-state index contributed by atoms with van der Waals surface area (Å²) in [7, 11) is 0. The van der Waals surface area contributed by atoms with Crippen LogP contribution in [-0.4, -0.2) is 10.9 Å². The van der Waals surface area contributed by atoms with Crippen LogP contribution in [-0.2, 0) is 6.54 Å². The van der Waals surface area contributed by atoms with Crippen molar-refractivity contribution in [3.05, 3.63) is 65.0 Å². The van der Waals surface area contributed by atoms with Crippen LogP contribution >= 0.6 is 0 Å². The van der Waals surface area contributed by atoms with Gasteiger partial charge in [-0.3, -0.25) is 4.79 Å². The van der Waals surface area contributed by atoms with Gasteiger partial charge in [0.25, 0.3) is 5.91 Å². The van der Waals surface area contributed by atoms with Gasteiger partial charge in [0.1, 0.15) is 5.69 Å². The van der Waals surface area contributed by atoms with Gasteiger partial charge in [0, 0.05) is 12.2 Å². The summed E-state index contributed by atoms with van der Waals surface area (Å²) in [6.45, 7) is 4.37. The number of rotatable bonds is 3. The summed E-state index contributed by atoms with van der Waals surface area (Å²) in [5.41, 5.74) is 3.46. The molecule has 1 heterocycles. The fourth-order valence-electron chi connectivity index (χ4n) is 1.83. The Kier molecular flexibility index (Phi) is 3.72. The number of hydrogen-bond acceptors (Lipinski definition) is 2. The number of pyridine rings is 1. The van der Waals surface area contributed by atoms with E-state index in [2.05, 4.69) is 10.3 Å². The molecule has 0 aliphatic rings. The third kappa shape index (κ3) is 3.17. The molecule has 0 radical (unpaired) electrons. The lowest BCUT2D eigenvalue weighted by Gasteiger charge is -2.06. The number of carbonyl (C=O) groups is 1. The fraction of sp³-hybridized carbons (Fsp3) is 0.200. The molecule has 18 heavy (non-hydrogen) atoms. The molecule has 0 unspecified atom stereocenters. The number of amides is 1. The molecule has 0 fully saturated rings. The molecule has 0 aliphatic heterocycles. The second-order valence-corrected chi connectivity index (χ2v) is 4.34. The molecule has 3 nitrogen and oxygen atoms in total. The van der Waals surface area contributed by atoms with Crippen LogP contribution in [0.1, 0.15) is 27.3 Å². The second kappa shape index (κ2) is 5.45. The quantitative estimate of drug-likeness (QED) is 0.896. The second-order valence-electron chi connectivity index (χ2n) is 4.34. The number of carbonyl (C=O) groups excluding carboxylic acids is 1. The van der Waals surface area contributed by atoms with Crippen molar-refractivity contribution < 1.29 is 4.79 Å². The highest BCUT2D eigenvalue weighted by Crippen LogP contribution is 2.05. The summed E-state index contributed by atoms with van der Waals surface area (Å²) in [5, 5.41) is 2.87. The van der Waals surface area contributed by atoms with E-state index in [1.54, 1.807) is 6.07 Å². The molecule has 1 amide bonds. The van der Waals surface area contributed by atoms with Gasteiger partial charge in [0.05, 0.1) is 0 Å². The standard InChI is InChI=1S/C15H16N2O/c1-11-8-12(2)17-14(9-11)15(18)16-10-13-6-4-3-5-7-13/h3-9H,10H2,1-2H3,(H,16,18). The third-order valence-electron chi connectivity index (χ3n) is 2.63. The van der Waals surface area contributed by atoms with Crippen LogP contribution in [0.3, 0.4) is 0 Å². The van der Waals surface area contributed by atoms with Crippen molar-refractivity contribution in [1.82, 2.24) is 10.3 Å². The maximum Gasteiger partial charge on any atom is 0.270 e. The van der Waals surface area contributed by atoms with E-state index >= 15 is 0 Å². The normalized spacial score (nSPS) is 10.1. The number of nitrogens with zero attached hydrogens (tertiary/aromatic N) is 1. The average Bonchev–Trinajstić information content (AvgIpc) is 2.36. The summed E-state index contributed by atoms with van der Waals surface area (Å²) in [6.07, 6.45) is 0. The number of benzene rings is 1. The van der Waals surface area contributed by atoms with Crippen molar-refractivity contribution in [3.63, 3.8) is 0 Å². The van der Waals surface area contributed by atoms with E-state index in [9.17, 15) is 4.79 Å². The van der Waals surface area contributed by atoms with Crippen molar-refractivity contribution in [1.29, 1.82) is 0 Å². The zero-order valence-electron chi connectivity index (χ0n) is 10.6. The van der Waals surface area contributed by atoms with Gasteiger partial charge in [-0.1, -0.05) is 30.3 Å². The molecule has 0 atom stereocenters. The van der Waals surface area contributed by atoms with Gasteiger partial charge in [-0.25, -0.2) is 4.98 Å². The van der Waals surface area contributed by atoms with Crippen molar-refractivity contribution in [2.45, 2.75) is 20.4 Å². The fourth-order valence-corrected chi connectivity index (χ4v) is 1.83. The van der Waals surface area contributed by atoms with Gasteiger partial charge < -0.3 is 5.32 Å². The first-order valence-corrected chi connectivity index (χ1v) is 5.92. The molecule has 0 spiro atoms. The summed E-state index contributed by atoms with van der Waals surface area (Å²) < 4.78 is 0. The predicted octanol–water partition coefficient (Wildman–Crippen LogP) is 2.63. The number of aryl methyl sites for hydroxylation is 2. The zero-order chi connectivity index (χ0) is 13.0. The van der Waals surface area contributed by atoms with Gasteiger partial charge in [-0.15, -0.1) is 0 Å². The van der Waals surface area contributed by atoms with Gasteiger partial charge in [0.15, 0.2) is 0 Å². The van der Waals surface area contributed by atoms with Crippen LogP contribution in [0.2, 0.25) is 0 Å². The molecular weight excluding hydrogens is 224 g/mol. The lowest BCUT2D eigenvalue weighted by molar-refractivity contribution is 0.0945. The Morgan fingerprint density at radius 3 is 2.56 bits per heavy atom. The topological polar surface area (TPSA) is 42.0 Å². The SMILES string of the molecule is Cc1cc(C)nc(C(=O)NCc2ccccc2)c1. The van der Waals surface area contributed by atoms with E-state index < -0.39 is 0 Å². The Labute approximate surface area is 107 Å². The zero-order valence-corrected chi connectivity index (χ0v) is 10.6. The van der Waals surface area contributed by atoms with Gasteiger partial charge in [-0.2, -0.15) is 0 Å². The largest absolute Gasteiger partial charge is 0.347 e. The highest BCUT2D eigenvalue weighted by atomic mass is 16.1. The van der Waals surface area contributed by atoms with E-state index in [1.807, 2.05) is 50.2 Å². The number of nitrogens with one attached hydrogen (secondary N) is 1. The predicted molar refractivity (Wildman–Crippen MR) is 71.3 cm³/mol. The molecule has 2 aromatic rings. The molecule has 2 rings (SSSR count). The van der Waals surface area contributed by atoms with Gasteiger partial charge in [0.2, 0.25) is 0 Å². The Balaban J connectivity index is 2.04. The first-order valence-electron chi connectivity index (χ1n) is 5.92. The lowest BCUT2D eigenvalue weighted by atomic mass is 10.2. The van der Waals surface area contributed by atoms with Gasteiger partial charge >= 0.3 is 0 Å². The molecule has 92 valence electrons. The van der Waals surface area contributed by atoms with E-state index in [4.69, 9.17) is 0 Å². The van der Waals surface area contributed by atoms with E-state index in [-0.39, 0.29) is 5.91 Å². The third-order valence-corrected chi connectivity index (χ3v) is 2.63. The van der Waals surface area contributed by atoms with Crippen LogP contribution < -0.4 is 5.32 Å². The molecule has 1 N–H and O–H groups in total. The van der Waals surface area contributed by atoms with E-state index in [0.717, 1.165) is 16.8 Å². The Bertz CT molecular complexity index is 529. The smallest absolute Gasteiger partial charge is 0.270 e. The molecule has 0 aliphatic carbocycles. The Morgan fingerprint density at radius 1 is 1.17 bits per heavy atom. The average molecular weight is 240 g/mol. The van der Waals surface area contributed by atoms with Crippen LogP contribution in [0, 0.1) is 13.8 Å². The van der Waals surface area contributed by atoms with E-state index in [0.29, 0.717) is 12.2 Å². The van der Waals surface area contributed by atoms with Crippen LogP contribution in [0.4, 0.5) is 0 Å². The maximum absolute atomic E-state index is 11.9. The van der Waals surface area contributed by atoms with Crippen molar-refractivity contribution in [2.75, 3.05) is 0 Å². The number of hydrogen-bond donors (Lipinski definition) is 1. The summed E-state index contributed by atoms with van der Waals surface area (Å²) >= 11 is 0.